The van der Waals surface area contributed by atoms with Crippen molar-refractivity contribution in [1.29, 1.82) is 0 Å². The largest absolute Gasteiger partial charge is 0.508 e. The molecule has 2 amide bonds. The monoisotopic (exact) mass is 370 g/mol. The van der Waals surface area contributed by atoms with Crippen molar-refractivity contribution in [2.24, 2.45) is 5.10 Å². The van der Waals surface area contributed by atoms with Gasteiger partial charge in [0.25, 0.3) is 11.6 Å². The number of hydrazone groups is 1. The highest BCUT2D eigenvalue weighted by atomic mass is 16.6. The van der Waals surface area contributed by atoms with Gasteiger partial charge in [-0.3, -0.25) is 19.7 Å². The number of hydrogen-bond acceptors (Lipinski definition) is 6. The van der Waals surface area contributed by atoms with Gasteiger partial charge in [-0.2, -0.15) is 5.10 Å². The fourth-order valence-electron chi connectivity index (χ4n) is 2.11. The van der Waals surface area contributed by atoms with Crippen molar-refractivity contribution in [2.45, 2.75) is 12.8 Å². The minimum Gasteiger partial charge on any atom is -0.508 e. The number of nitro groups is 1. The van der Waals surface area contributed by atoms with E-state index in [9.17, 15) is 19.7 Å². The Labute approximate surface area is 154 Å². The van der Waals surface area contributed by atoms with Crippen molar-refractivity contribution < 1.29 is 19.6 Å². The van der Waals surface area contributed by atoms with E-state index < -0.39 is 10.8 Å². The van der Waals surface area contributed by atoms with Crippen molar-refractivity contribution in [3.8, 4) is 5.75 Å². The molecule has 0 unspecified atom stereocenters. The molecule has 0 radical (unpaired) electrons. The van der Waals surface area contributed by atoms with Crippen LogP contribution in [0.3, 0.4) is 0 Å². The Kier molecular flexibility index (Phi) is 7.00. The number of nitrogens with zero attached hydrogens (tertiary/aromatic N) is 2. The highest BCUT2D eigenvalue weighted by molar-refractivity contribution is 5.94. The van der Waals surface area contributed by atoms with Crippen molar-refractivity contribution in [3.05, 3.63) is 69.8 Å². The molecule has 0 aliphatic carbocycles. The standard InChI is InChI=1S/C18H18N4O5/c23-16-8-6-13(7-9-16)12-20-21-17(24)5-2-10-19-18(25)14-3-1-4-15(11-14)22(26)27/h1,3-4,6-9,11-12,23H,2,5,10H2,(H,19,25)(H,21,24)/b20-12+. The van der Waals surface area contributed by atoms with Crippen molar-refractivity contribution in [3.63, 3.8) is 0 Å². The zero-order valence-electron chi connectivity index (χ0n) is 14.3. The third-order valence-corrected chi connectivity index (χ3v) is 3.48. The van der Waals surface area contributed by atoms with E-state index in [0.29, 0.717) is 6.42 Å². The van der Waals surface area contributed by atoms with Crippen LogP contribution in [0.25, 0.3) is 0 Å². The number of phenols is 1. The van der Waals surface area contributed by atoms with Gasteiger partial charge in [0, 0.05) is 30.7 Å². The van der Waals surface area contributed by atoms with Crippen LogP contribution in [-0.4, -0.2) is 34.6 Å². The van der Waals surface area contributed by atoms with Gasteiger partial charge in [-0.25, -0.2) is 5.43 Å². The van der Waals surface area contributed by atoms with Crippen LogP contribution in [0.15, 0.2) is 53.6 Å². The molecule has 9 heteroatoms. The number of benzene rings is 2. The van der Waals surface area contributed by atoms with Gasteiger partial charge < -0.3 is 10.4 Å². The van der Waals surface area contributed by atoms with E-state index in [1.165, 1.54) is 42.6 Å². The maximum Gasteiger partial charge on any atom is 0.270 e. The molecule has 0 spiro atoms. The summed E-state index contributed by atoms with van der Waals surface area (Å²) in [6, 6.07) is 11.7. The molecule has 0 aliphatic rings. The van der Waals surface area contributed by atoms with Gasteiger partial charge in [0.05, 0.1) is 11.1 Å². The minimum absolute atomic E-state index is 0.142. The third kappa shape index (κ3) is 6.58. The van der Waals surface area contributed by atoms with E-state index in [4.69, 9.17) is 5.11 Å². The number of aromatic hydroxyl groups is 1. The number of hydrogen-bond donors (Lipinski definition) is 3. The van der Waals surface area contributed by atoms with Crippen LogP contribution in [0.5, 0.6) is 5.75 Å². The number of rotatable bonds is 8. The molecule has 0 atom stereocenters. The Hall–Kier alpha value is -3.75. The summed E-state index contributed by atoms with van der Waals surface area (Å²) >= 11 is 0. The Morgan fingerprint density at radius 1 is 1.19 bits per heavy atom. The van der Waals surface area contributed by atoms with E-state index in [2.05, 4.69) is 15.8 Å². The Morgan fingerprint density at radius 3 is 2.63 bits per heavy atom. The number of nitro benzene ring substituents is 1. The van der Waals surface area contributed by atoms with Crippen molar-refractivity contribution >= 4 is 23.7 Å². The number of nitrogens with one attached hydrogen (secondary N) is 2. The summed E-state index contributed by atoms with van der Waals surface area (Å²) in [4.78, 5) is 33.8. The number of carbonyl (C=O) groups excluding carboxylic acids is 2. The fraction of sp³-hybridized carbons (Fsp3) is 0.167. The molecule has 27 heavy (non-hydrogen) atoms. The van der Waals surface area contributed by atoms with Crippen molar-refractivity contribution in [2.75, 3.05) is 6.54 Å². The fourth-order valence-corrected chi connectivity index (χ4v) is 2.11. The molecule has 0 saturated heterocycles. The second-order valence-electron chi connectivity index (χ2n) is 5.55. The van der Waals surface area contributed by atoms with E-state index in [1.807, 2.05) is 0 Å². The number of carbonyl (C=O) groups is 2. The summed E-state index contributed by atoms with van der Waals surface area (Å²) in [5.41, 5.74) is 3.11. The molecular weight excluding hydrogens is 352 g/mol. The second-order valence-corrected chi connectivity index (χ2v) is 5.55. The summed E-state index contributed by atoms with van der Waals surface area (Å²) < 4.78 is 0. The third-order valence-electron chi connectivity index (χ3n) is 3.48. The van der Waals surface area contributed by atoms with Gasteiger partial charge in [0.2, 0.25) is 5.91 Å². The Bertz CT molecular complexity index is 849. The van der Waals surface area contributed by atoms with Crippen LogP contribution in [0.2, 0.25) is 0 Å². The molecule has 0 fully saturated rings. The molecule has 2 aromatic rings. The summed E-state index contributed by atoms with van der Waals surface area (Å²) in [6.07, 6.45) is 1.99. The SMILES string of the molecule is O=C(CCCNC(=O)c1cccc([N+](=O)[O-])c1)N/N=C/c1ccc(O)cc1. The highest BCUT2D eigenvalue weighted by Crippen LogP contribution is 2.12. The van der Waals surface area contributed by atoms with E-state index in [-0.39, 0.29) is 35.9 Å². The lowest BCUT2D eigenvalue weighted by atomic mass is 10.2. The van der Waals surface area contributed by atoms with Crippen LogP contribution in [0.1, 0.15) is 28.8 Å². The molecule has 0 aliphatic heterocycles. The quantitative estimate of drug-likeness (QED) is 0.283. The van der Waals surface area contributed by atoms with Gasteiger partial charge in [-0.1, -0.05) is 6.07 Å². The smallest absolute Gasteiger partial charge is 0.270 e. The number of amides is 2. The zero-order chi connectivity index (χ0) is 19.6. The topological polar surface area (TPSA) is 134 Å². The molecule has 9 nitrogen and oxygen atoms in total. The van der Waals surface area contributed by atoms with E-state index in [0.717, 1.165) is 5.56 Å². The van der Waals surface area contributed by atoms with Crippen LogP contribution in [0.4, 0.5) is 5.69 Å². The van der Waals surface area contributed by atoms with Gasteiger partial charge in [0.1, 0.15) is 5.75 Å². The maximum absolute atomic E-state index is 11.9. The van der Waals surface area contributed by atoms with Crippen LogP contribution >= 0.6 is 0 Å². The summed E-state index contributed by atoms with van der Waals surface area (Å²) in [5, 5.41) is 26.3. The van der Waals surface area contributed by atoms with Gasteiger partial charge in [-0.05, 0) is 42.3 Å². The number of non-ortho nitro benzene ring substituents is 1. The lowest BCUT2D eigenvalue weighted by molar-refractivity contribution is -0.384. The van der Waals surface area contributed by atoms with Crippen molar-refractivity contribution in [1.82, 2.24) is 10.7 Å². The zero-order valence-corrected chi connectivity index (χ0v) is 14.3. The molecule has 2 aromatic carbocycles. The Morgan fingerprint density at radius 2 is 1.93 bits per heavy atom. The average Bonchev–Trinajstić information content (AvgIpc) is 2.66. The highest BCUT2D eigenvalue weighted by Gasteiger charge is 2.11. The lowest BCUT2D eigenvalue weighted by Crippen LogP contribution is -2.26. The summed E-state index contributed by atoms with van der Waals surface area (Å²) in [7, 11) is 0. The first-order valence-electron chi connectivity index (χ1n) is 8.09. The first-order chi connectivity index (χ1) is 13.0. The van der Waals surface area contributed by atoms with E-state index in [1.54, 1.807) is 12.1 Å². The summed E-state index contributed by atoms with van der Waals surface area (Å²) in [6.45, 7) is 0.247. The Balaban J connectivity index is 1.69. The normalized spacial score (nSPS) is 10.5. The molecule has 0 saturated carbocycles. The predicted molar refractivity (Wildman–Crippen MR) is 98.5 cm³/mol. The predicted octanol–water partition coefficient (Wildman–Crippen LogP) is 1.96. The molecule has 0 aromatic heterocycles. The minimum atomic E-state index is -0.570. The van der Waals surface area contributed by atoms with Crippen LogP contribution in [0, 0.1) is 10.1 Å². The molecular formula is C18H18N4O5. The van der Waals surface area contributed by atoms with Gasteiger partial charge >= 0.3 is 0 Å². The first-order valence-corrected chi connectivity index (χ1v) is 8.09. The second kappa shape index (κ2) is 9.66. The first kappa shape index (κ1) is 19.6. The average molecular weight is 370 g/mol. The molecule has 2 rings (SSSR count). The lowest BCUT2D eigenvalue weighted by Gasteiger charge is -2.05. The number of phenolic OH excluding ortho intramolecular Hbond substituents is 1. The van der Waals surface area contributed by atoms with Crippen LogP contribution < -0.4 is 10.7 Å². The van der Waals surface area contributed by atoms with E-state index >= 15 is 0 Å². The maximum atomic E-state index is 11.9. The van der Waals surface area contributed by atoms with Crippen LogP contribution in [-0.2, 0) is 4.79 Å². The molecule has 3 N–H and O–H groups in total. The molecule has 140 valence electrons. The molecule has 0 bridgehead atoms. The summed E-state index contributed by atoms with van der Waals surface area (Å²) in [5.74, 6) is -0.609. The van der Waals surface area contributed by atoms with Gasteiger partial charge in [0.15, 0.2) is 0 Å². The molecule has 0 heterocycles. The van der Waals surface area contributed by atoms with Gasteiger partial charge in [-0.15, -0.1) is 0 Å².